The number of hydrogen-bond donors (Lipinski definition) is 3. The highest BCUT2D eigenvalue weighted by Gasteiger charge is 2.45. The fourth-order valence-corrected chi connectivity index (χ4v) is 10.8. The number of aliphatic imine (C=N–C) groups is 1. The summed E-state index contributed by atoms with van der Waals surface area (Å²) < 4.78 is 35.0. The first-order valence-corrected chi connectivity index (χ1v) is 29.9. The van der Waals surface area contributed by atoms with Crippen LogP contribution in [0.4, 0.5) is 21.9 Å². The van der Waals surface area contributed by atoms with E-state index in [4.69, 9.17) is 28.4 Å². The van der Waals surface area contributed by atoms with Crippen molar-refractivity contribution in [2.24, 2.45) is 16.8 Å². The van der Waals surface area contributed by atoms with Gasteiger partial charge >= 0.3 is 6.09 Å². The van der Waals surface area contributed by atoms with E-state index in [1.807, 2.05) is 59.2 Å². The van der Waals surface area contributed by atoms with Crippen molar-refractivity contribution < 1.29 is 76.7 Å². The number of rotatable bonds is 31. The highest BCUT2D eigenvalue weighted by atomic mass is 16.6. The maximum atomic E-state index is 14.2. The standard InChI is InChI=1S/C65H79N7O16/c1-39(2)49(31-48(74)20-25-85-27-26-84-22-11-12-47(73)19-21-69-58(75)17-18-59(69)76)61(78)67-43(6)60(77)68-45-15-13-44(14-16-45)38-88-65(82)72-53-34-57(56(83-7)32-51(53)63(80)71-37-41(4)29-54(71)64(72)81)87-24-10-8-9-23-86-55-33-52-50(30-42(55)5)62(79)70-36-40(3)28-46(70)35-66-52/h13-18,30,32-37,39,43,46,49,54,64,81H,8-12,19-29,31,38H2,1-7H3,(H,67,78)(H,68,77). The molecule has 0 aromatic heterocycles. The first-order valence-electron chi connectivity index (χ1n) is 29.9. The third-order valence-electron chi connectivity index (χ3n) is 15.8. The molecule has 3 aromatic carbocycles. The maximum absolute atomic E-state index is 14.2. The highest BCUT2D eigenvalue weighted by molar-refractivity contribution is 6.13. The summed E-state index contributed by atoms with van der Waals surface area (Å²) in [4.78, 5) is 127. The van der Waals surface area contributed by atoms with Crippen molar-refractivity contribution in [3.63, 3.8) is 0 Å². The lowest BCUT2D eigenvalue weighted by Gasteiger charge is -2.31. The molecule has 88 heavy (non-hydrogen) atoms. The molecule has 0 aliphatic carbocycles. The second-order valence-corrected chi connectivity index (χ2v) is 23.0. The zero-order valence-electron chi connectivity index (χ0n) is 51.0. The molecule has 8 rings (SSSR count). The van der Waals surface area contributed by atoms with Crippen LogP contribution in [-0.2, 0) is 49.6 Å². The minimum atomic E-state index is -1.51. The van der Waals surface area contributed by atoms with E-state index in [1.165, 1.54) is 43.2 Å². The minimum absolute atomic E-state index is 0.0476. The Morgan fingerprint density at radius 1 is 0.693 bits per heavy atom. The molecule has 0 radical (unpaired) electrons. The number of Topliss-reactive ketones (excluding diaryl/α,β-unsaturated/α-hetero) is 2. The Hall–Kier alpha value is -8.54. The summed E-state index contributed by atoms with van der Waals surface area (Å²) in [7, 11) is 1.45. The monoisotopic (exact) mass is 1210 g/mol. The number of aliphatic hydroxyl groups is 1. The molecule has 470 valence electrons. The molecule has 5 aliphatic rings. The van der Waals surface area contributed by atoms with Gasteiger partial charge in [-0.25, -0.2) is 9.69 Å². The molecule has 5 heterocycles. The number of aliphatic hydroxyl groups excluding tert-OH is 1. The van der Waals surface area contributed by atoms with Crippen molar-refractivity contribution >= 4 is 76.4 Å². The van der Waals surface area contributed by atoms with Crippen LogP contribution >= 0.6 is 0 Å². The van der Waals surface area contributed by atoms with Crippen LogP contribution in [0.15, 0.2) is 89.2 Å². The lowest BCUT2D eigenvalue weighted by Crippen LogP contribution is -2.50. The van der Waals surface area contributed by atoms with Gasteiger partial charge in [0.15, 0.2) is 17.7 Å². The van der Waals surface area contributed by atoms with E-state index in [1.54, 1.807) is 35.4 Å². The van der Waals surface area contributed by atoms with Gasteiger partial charge in [-0.05, 0) is 108 Å². The van der Waals surface area contributed by atoms with Gasteiger partial charge in [0.1, 0.15) is 30.0 Å². The van der Waals surface area contributed by atoms with Crippen LogP contribution in [0.5, 0.6) is 17.2 Å². The quantitative estimate of drug-likeness (QED) is 0.0409. The van der Waals surface area contributed by atoms with Crippen molar-refractivity contribution in [3.05, 3.63) is 106 Å². The highest BCUT2D eigenvalue weighted by Crippen LogP contribution is 2.42. The number of aryl methyl sites for hydroxylation is 1. The Morgan fingerprint density at radius 3 is 2.07 bits per heavy atom. The topological polar surface area (TPSA) is 279 Å². The molecule has 3 N–H and O–H groups in total. The van der Waals surface area contributed by atoms with Gasteiger partial charge in [-0.1, -0.05) is 37.1 Å². The van der Waals surface area contributed by atoms with Gasteiger partial charge in [0, 0.05) is 93.3 Å². The van der Waals surface area contributed by atoms with Crippen molar-refractivity contribution in [2.45, 2.75) is 137 Å². The number of benzene rings is 3. The second-order valence-electron chi connectivity index (χ2n) is 23.0. The van der Waals surface area contributed by atoms with Gasteiger partial charge in [-0.3, -0.25) is 48.2 Å². The summed E-state index contributed by atoms with van der Waals surface area (Å²) in [6.45, 7) is 12.3. The molecule has 0 fully saturated rings. The molecule has 3 aromatic rings. The SMILES string of the molecule is COc1cc2c(cc1OCCCCCOc1cc3c(cc1C)C(=O)N1C=C(C)CC1C=N3)N(C(=O)OCc1ccc(NC(=O)C(C)NC(=O)C(CC(=O)CCOCCOCCCC(=O)CCN3C(=O)C=CC3=O)C(C)C)cc1)C(O)C1CC(C)=CN1C2=O. The van der Waals surface area contributed by atoms with Gasteiger partial charge in [0.2, 0.25) is 11.8 Å². The summed E-state index contributed by atoms with van der Waals surface area (Å²) in [5.74, 6) is -2.34. The summed E-state index contributed by atoms with van der Waals surface area (Å²) in [6.07, 6.45) is 9.23. The van der Waals surface area contributed by atoms with Crippen LogP contribution in [0, 0.1) is 18.8 Å². The maximum Gasteiger partial charge on any atom is 0.416 e. The van der Waals surface area contributed by atoms with Gasteiger partial charge in [-0.2, -0.15) is 0 Å². The molecule has 5 aliphatic heterocycles. The van der Waals surface area contributed by atoms with Crippen molar-refractivity contribution in [1.29, 1.82) is 0 Å². The molecule has 7 amide bonds. The molecular weight excluding hydrogens is 1130 g/mol. The van der Waals surface area contributed by atoms with E-state index in [0.717, 1.165) is 39.4 Å². The first-order chi connectivity index (χ1) is 42.2. The lowest BCUT2D eigenvalue weighted by atomic mass is 9.89. The smallest absolute Gasteiger partial charge is 0.416 e. The van der Waals surface area contributed by atoms with E-state index in [2.05, 4.69) is 15.6 Å². The predicted octanol–water partition coefficient (Wildman–Crippen LogP) is 7.82. The van der Waals surface area contributed by atoms with Crippen molar-refractivity contribution in [1.82, 2.24) is 20.0 Å². The van der Waals surface area contributed by atoms with Crippen LogP contribution in [0.2, 0.25) is 0 Å². The average Bonchev–Trinajstić information content (AvgIpc) is 1.97. The Labute approximate surface area is 512 Å². The molecule has 0 bridgehead atoms. The van der Waals surface area contributed by atoms with Gasteiger partial charge in [0.05, 0.1) is 74.7 Å². The number of nitrogens with zero attached hydrogens (tertiary/aromatic N) is 5. The number of hydrogen-bond acceptors (Lipinski definition) is 17. The zero-order chi connectivity index (χ0) is 63.2. The molecule has 23 nitrogen and oxygen atoms in total. The van der Waals surface area contributed by atoms with Crippen LogP contribution in [0.25, 0.3) is 0 Å². The van der Waals surface area contributed by atoms with Crippen LogP contribution < -0.4 is 29.7 Å². The summed E-state index contributed by atoms with van der Waals surface area (Å²) in [6, 6.07) is 11.3. The lowest BCUT2D eigenvalue weighted by molar-refractivity contribution is -0.137. The number of ether oxygens (including phenoxy) is 6. The number of carbonyl (C=O) groups excluding carboxylic acids is 9. The molecule has 5 atom stereocenters. The van der Waals surface area contributed by atoms with Gasteiger partial charge in [-0.15, -0.1) is 0 Å². The van der Waals surface area contributed by atoms with E-state index < -0.39 is 59.9 Å². The van der Waals surface area contributed by atoms with Crippen molar-refractivity contribution in [2.75, 3.05) is 63.5 Å². The summed E-state index contributed by atoms with van der Waals surface area (Å²) >= 11 is 0. The largest absolute Gasteiger partial charge is 0.493 e. The fraction of sp³-hybridized carbons (Fsp3) is 0.477. The van der Waals surface area contributed by atoms with Crippen LogP contribution in [0.1, 0.15) is 131 Å². The third-order valence-corrected chi connectivity index (χ3v) is 15.8. The third kappa shape index (κ3) is 16.5. The molecule has 5 unspecified atom stereocenters. The Morgan fingerprint density at radius 2 is 1.36 bits per heavy atom. The van der Waals surface area contributed by atoms with Crippen LogP contribution in [0.3, 0.4) is 0 Å². The minimum Gasteiger partial charge on any atom is -0.493 e. The number of imide groups is 1. The number of unbranched alkanes of at least 4 members (excludes halogenated alkanes) is 2. The van der Waals surface area contributed by atoms with Crippen LogP contribution in [-0.4, -0.2) is 157 Å². The number of carbonyl (C=O) groups is 9. The number of fused-ring (bicyclic) bond motifs is 4. The van der Waals surface area contributed by atoms with Gasteiger partial charge < -0.3 is 54.0 Å². The second kappa shape index (κ2) is 30.4. The first kappa shape index (κ1) is 65.4. The number of anilines is 2. The fourth-order valence-electron chi connectivity index (χ4n) is 10.8. The van der Waals surface area contributed by atoms with E-state index in [9.17, 15) is 48.3 Å². The van der Waals surface area contributed by atoms with Gasteiger partial charge in [0.25, 0.3) is 23.6 Å². The number of amides is 7. The Balaban J connectivity index is 0.769. The normalized spacial score (nSPS) is 18.2. The molecule has 0 saturated heterocycles. The van der Waals surface area contributed by atoms with E-state index >= 15 is 0 Å². The molecular formula is C65H79N7O16. The molecule has 0 spiro atoms. The van der Waals surface area contributed by atoms with E-state index in [-0.39, 0.29) is 117 Å². The molecule has 23 heteroatoms. The Bertz CT molecular complexity index is 3240. The van der Waals surface area contributed by atoms with Crippen molar-refractivity contribution in [3.8, 4) is 17.2 Å². The summed E-state index contributed by atoms with van der Waals surface area (Å²) in [5, 5.41) is 17.4. The molecule has 0 saturated carbocycles. The zero-order valence-corrected chi connectivity index (χ0v) is 51.0. The predicted molar refractivity (Wildman–Crippen MR) is 324 cm³/mol. The number of ketones is 2. The summed E-state index contributed by atoms with van der Waals surface area (Å²) in [5.41, 5.74) is 5.01. The number of methoxy groups -OCH3 is 1. The Kier molecular flexibility index (Phi) is 22.6. The van der Waals surface area contributed by atoms with E-state index in [0.29, 0.717) is 67.1 Å². The number of nitrogens with one attached hydrogen (secondary N) is 2. The average molecular weight is 1210 g/mol.